The van der Waals surface area contributed by atoms with E-state index in [2.05, 4.69) is 0 Å². The molecule has 0 radical (unpaired) electrons. The third-order valence-corrected chi connectivity index (χ3v) is 5.17. The molecule has 7 nitrogen and oxygen atoms in total. The largest absolute Gasteiger partial charge is 1.00 e. The zero-order valence-corrected chi connectivity index (χ0v) is 16.1. The summed E-state index contributed by atoms with van der Waals surface area (Å²) in [7, 11) is -5.35. The SMILES string of the molecule is O=C(O)C(c1ccccc1)C(C(=O)O)(c1ccccc1)S(=O)(=O)O.[H-].[Na+]. The van der Waals surface area contributed by atoms with Gasteiger partial charge in [0.05, 0.1) is 0 Å². The van der Waals surface area contributed by atoms with Gasteiger partial charge >= 0.3 is 41.5 Å². The molecule has 0 aliphatic rings. The van der Waals surface area contributed by atoms with Gasteiger partial charge in [0.15, 0.2) is 0 Å². The molecule has 0 aromatic heterocycles. The van der Waals surface area contributed by atoms with Crippen LogP contribution in [0.4, 0.5) is 0 Å². The number of rotatable bonds is 6. The molecule has 2 unspecified atom stereocenters. The van der Waals surface area contributed by atoms with Crippen LogP contribution >= 0.6 is 0 Å². The van der Waals surface area contributed by atoms with Gasteiger partial charge in [0.1, 0.15) is 5.92 Å². The summed E-state index contributed by atoms with van der Waals surface area (Å²) in [5, 5.41) is 19.3. The molecular formula is C16H15NaO7S. The van der Waals surface area contributed by atoms with Gasteiger partial charge in [-0.2, -0.15) is 8.42 Å². The van der Waals surface area contributed by atoms with Crippen molar-refractivity contribution in [3.63, 3.8) is 0 Å². The van der Waals surface area contributed by atoms with E-state index in [-0.39, 0.29) is 42.1 Å². The molecule has 0 heterocycles. The summed E-state index contributed by atoms with van der Waals surface area (Å²) >= 11 is 0. The molecule has 2 aromatic carbocycles. The van der Waals surface area contributed by atoms with Crippen LogP contribution in [-0.2, 0) is 24.5 Å². The minimum atomic E-state index is -5.35. The van der Waals surface area contributed by atoms with Gasteiger partial charge in [0, 0.05) is 0 Å². The number of aliphatic carboxylic acids is 2. The standard InChI is InChI=1S/C16H14O7S.Na.H/c17-14(18)13(11-7-3-1-4-8-11)16(15(19)20,24(21,22)23)12-9-5-2-6-10-12;;/h1-10,13H,(H,17,18)(H,19,20)(H,21,22,23);;/q;+1;-1. The predicted molar refractivity (Wildman–Crippen MR) is 85.2 cm³/mol. The molecule has 0 aliphatic carbocycles. The van der Waals surface area contributed by atoms with E-state index in [1.54, 1.807) is 6.07 Å². The predicted octanol–water partition coefficient (Wildman–Crippen LogP) is -1.16. The normalized spacial score (nSPS) is 14.6. The molecule has 2 rings (SSSR count). The summed E-state index contributed by atoms with van der Waals surface area (Å²) < 4.78 is 30.9. The van der Waals surface area contributed by atoms with E-state index in [1.165, 1.54) is 42.5 Å². The van der Waals surface area contributed by atoms with Gasteiger partial charge in [-0.25, -0.2) is 0 Å². The molecule has 2 atom stereocenters. The average Bonchev–Trinajstić information content (AvgIpc) is 2.52. The number of carboxylic acids is 2. The maximum Gasteiger partial charge on any atom is 1.00 e. The Morgan fingerprint density at radius 3 is 1.72 bits per heavy atom. The van der Waals surface area contributed by atoms with E-state index in [0.29, 0.717) is 0 Å². The summed E-state index contributed by atoms with van der Waals surface area (Å²) in [5.74, 6) is -5.72. The number of carboxylic acid groups (broad SMARTS) is 2. The van der Waals surface area contributed by atoms with Crippen LogP contribution in [0.5, 0.6) is 0 Å². The molecule has 128 valence electrons. The van der Waals surface area contributed by atoms with E-state index in [0.717, 1.165) is 12.1 Å². The van der Waals surface area contributed by atoms with E-state index in [9.17, 15) is 32.8 Å². The first kappa shape index (κ1) is 21.3. The minimum Gasteiger partial charge on any atom is -1.00 e. The maximum atomic E-state index is 12.1. The first-order valence-electron chi connectivity index (χ1n) is 6.76. The van der Waals surface area contributed by atoms with Crippen LogP contribution < -0.4 is 29.6 Å². The van der Waals surface area contributed by atoms with E-state index < -0.39 is 32.7 Å². The summed E-state index contributed by atoms with van der Waals surface area (Å²) in [6.45, 7) is 0. The van der Waals surface area contributed by atoms with Crippen molar-refractivity contribution in [3.05, 3.63) is 71.8 Å². The van der Waals surface area contributed by atoms with Crippen LogP contribution in [0.25, 0.3) is 0 Å². The molecule has 0 bridgehead atoms. The summed E-state index contributed by atoms with van der Waals surface area (Å²) in [5.41, 5.74) is -0.412. The second-order valence-corrected chi connectivity index (χ2v) is 6.66. The Balaban J connectivity index is 0.00000312. The number of hydrogen-bond donors (Lipinski definition) is 3. The minimum absolute atomic E-state index is 0. The molecular weight excluding hydrogens is 359 g/mol. The van der Waals surface area contributed by atoms with E-state index in [4.69, 9.17) is 0 Å². The average molecular weight is 374 g/mol. The maximum absolute atomic E-state index is 12.1. The molecule has 0 fully saturated rings. The molecule has 9 heteroatoms. The smallest absolute Gasteiger partial charge is 1.00 e. The van der Waals surface area contributed by atoms with Crippen LogP contribution in [0.15, 0.2) is 60.7 Å². The summed E-state index contributed by atoms with van der Waals surface area (Å²) in [4.78, 5) is 23.8. The second kappa shape index (κ2) is 8.11. The third-order valence-electron chi connectivity index (χ3n) is 3.71. The molecule has 0 spiro atoms. The van der Waals surface area contributed by atoms with Crippen molar-refractivity contribution in [2.45, 2.75) is 10.7 Å². The zero-order valence-electron chi connectivity index (χ0n) is 14.2. The number of hydrogen-bond acceptors (Lipinski definition) is 4. The fourth-order valence-electron chi connectivity index (χ4n) is 2.70. The van der Waals surface area contributed by atoms with Crippen LogP contribution in [-0.4, -0.2) is 35.1 Å². The molecule has 0 aliphatic heterocycles. The fraction of sp³-hybridized carbons (Fsp3) is 0.125. The molecule has 0 amide bonds. The molecule has 25 heavy (non-hydrogen) atoms. The van der Waals surface area contributed by atoms with Crippen LogP contribution in [0.1, 0.15) is 18.5 Å². The van der Waals surface area contributed by atoms with Gasteiger partial charge in [-0.1, -0.05) is 60.7 Å². The van der Waals surface area contributed by atoms with Crippen molar-refractivity contribution in [2.24, 2.45) is 0 Å². The Hall–Kier alpha value is -1.71. The second-order valence-electron chi connectivity index (χ2n) is 5.06. The van der Waals surface area contributed by atoms with Gasteiger partial charge < -0.3 is 11.6 Å². The summed E-state index contributed by atoms with van der Waals surface area (Å²) in [6.07, 6.45) is 0. The van der Waals surface area contributed by atoms with Crippen LogP contribution in [0.2, 0.25) is 0 Å². The number of carbonyl (C=O) groups is 2. The van der Waals surface area contributed by atoms with Gasteiger partial charge in [-0.05, 0) is 11.1 Å². The van der Waals surface area contributed by atoms with Crippen molar-refractivity contribution in [1.82, 2.24) is 0 Å². The Morgan fingerprint density at radius 1 is 0.920 bits per heavy atom. The quantitative estimate of drug-likeness (QED) is 0.430. The van der Waals surface area contributed by atoms with Crippen molar-refractivity contribution >= 4 is 22.1 Å². The van der Waals surface area contributed by atoms with E-state index in [1.807, 2.05) is 0 Å². The van der Waals surface area contributed by atoms with Crippen molar-refractivity contribution in [1.29, 1.82) is 0 Å². The Bertz CT molecular complexity index is 859. The fourth-order valence-corrected chi connectivity index (χ4v) is 3.89. The molecule has 2 aromatic rings. The topological polar surface area (TPSA) is 129 Å². The zero-order chi connectivity index (χ0) is 18.0. The molecule has 0 saturated carbocycles. The first-order chi connectivity index (χ1) is 11.2. The van der Waals surface area contributed by atoms with Crippen molar-refractivity contribution < 1.29 is 63.8 Å². The molecule has 3 N–H and O–H groups in total. The van der Waals surface area contributed by atoms with Gasteiger partial charge in [-0.3, -0.25) is 14.1 Å². The van der Waals surface area contributed by atoms with Gasteiger partial charge in [0.2, 0.25) is 4.75 Å². The monoisotopic (exact) mass is 374 g/mol. The third kappa shape index (κ3) is 3.78. The van der Waals surface area contributed by atoms with Crippen molar-refractivity contribution in [3.8, 4) is 0 Å². The van der Waals surface area contributed by atoms with Crippen LogP contribution in [0, 0.1) is 0 Å². The molecule has 0 saturated heterocycles. The Morgan fingerprint density at radius 2 is 1.36 bits per heavy atom. The van der Waals surface area contributed by atoms with Gasteiger partial charge in [0.25, 0.3) is 10.1 Å². The number of benzene rings is 2. The summed E-state index contributed by atoms with van der Waals surface area (Å²) in [6, 6.07) is 13.6. The van der Waals surface area contributed by atoms with Crippen LogP contribution in [0.3, 0.4) is 0 Å². The van der Waals surface area contributed by atoms with Crippen molar-refractivity contribution in [2.75, 3.05) is 0 Å². The Kier molecular flexibility index (Phi) is 6.92. The first-order valence-corrected chi connectivity index (χ1v) is 8.20. The van der Waals surface area contributed by atoms with Gasteiger partial charge in [-0.15, -0.1) is 0 Å². The Labute approximate surface area is 167 Å². The van der Waals surface area contributed by atoms with E-state index >= 15 is 0 Å².